The summed E-state index contributed by atoms with van der Waals surface area (Å²) in [5, 5.41) is 4.12. The summed E-state index contributed by atoms with van der Waals surface area (Å²) in [6.07, 6.45) is 2.08. The molecule has 6 heteroatoms. The molecule has 0 aromatic heterocycles. The molecule has 18 heavy (non-hydrogen) atoms. The third kappa shape index (κ3) is 4.05. The highest BCUT2D eigenvalue weighted by Gasteiger charge is 2.09. The molecular formula is C12H18Cl2N4. The van der Waals surface area contributed by atoms with E-state index in [2.05, 4.69) is 22.7 Å². The number of halogens is 2. The number of rotatable bonds is 4. The van der Waals surface area contributed by atoms with Gasteiger partial charge in [0.25, 0.3) is 0 Å². The number of nitrogens with zero attached hydrogens (tertiary/aromatic N) is 1. The van der Waals surface area contributed by atoms with Crippen LogP contribution in [0.5, 0.6) is 0 Å². The molecule has 0 fully saturated rings. The molecule has 0 aliphatic carbocycles. The monoisotopic (exact) mass is 288 g/mol. The first kappa shape index (κ1) is 15.1. The van der Waals surface area contributed by atoms with Crippen molar-refractivity contribution in [1.82, 2.24) is 5.43 Å². The van der Waals surface area contributed by atoms with Gasteiger partial charge in [0.15, 0.2) is 0 Å². The first-order chi connectivity index (χ1) is 8.60. The van der Waals surface area contributed by atoms with Crippen LogP contribution in [0, 0.1) is 6.92 Å². The summed E-state index contributed by atoms with van der Waals surface area (Å²) >= 11 is 12.3. The standard InChI is InChI=1S/C12H18Cl2N4/c1-3-4-7-16-12(18-15)17-11-9(13)6-5-8(2)10(11)14/h5-6H,3-4,7,15H2,1-2H3,(H2,16,17,18). The van der Waals surface area contributed by atoms with Crippen molar-refractivity contribution in [3.05, 3.63) is 27.7 Å². The van der Waals surface area contributed by atoms with Crippen LogP contribution in [0.2, 0.25) is 10.0 Å². The van der Waals surface area contributed by atoms with E-state index in [9.17, 15) is 0 Å². The average Bonchev–Trinajstić information content (AvgIpc) is 2.37. The SMILES string of the molecule is CCCCN=C(NN)Nc1c(Cl)ccc(C)c1Cl. The van der Waals surface area contributed by atoms with Gasteiger partial charge in [0.2, 0.25) is 5.96 Å². The van der Waals surface area contributed by atoms with Gasteiger partial charge >= 0.3 is 0 Å². The fraction of sp³-hybridized carbons (Fsp3) is 0.417. The van der Waals surface area contributed by atoms with Crippen LogP contribution in [-0.4, -0.2) is 12.5 Å². The number of guanidine groups is 1. The Bertz CT molecular complexity index is 432. The Balaban J connectivity index is 2.88. The number of anilines is 1. The van der Waals surface area contributed by atoms with Crippen LogP contribution in [0.1, 0.15) is 25.3 Å². The number of hydrogen-bond donors (Lipinski definition) is 3. The van der Waals surface area contributed by atoms with Crippen LogP contribution in [0.4, 0.5) is 5.69 Å². The second-order valence-corrected chi connectivity index (χ2v) is 4.69. The van der Waals surface area contributed by atoms with Gasteiger partial charge in [-0.3, -0.25) is 10.4 Å². The van der Waals surface area contributed by atoms with Crippen molar-refractivity contribution in [3.8, 4) is 0 Å². The highest BCUT2D eigenvalue weighted by Crippen LogP contribution is 2.32. The van der Waals surface area contributed by atoms with Gasteiger partial charge in [-0.1, -0.05) is 42.6 Å². The molecule has 0 aliphatic heterocycles. The lowest BCUT2D eigenvalue weighted by Gasteiger charge is -2.13. The van der Waals surface area contributed by atoms with Crippen LogP contribution < -0.4 is 16.6 Å². The van der Waals surface area contributed by atoms with Crippen LogP contribution in [-0.2, 0) is 0 Å². The van der Waals surface area contributed by atoms with Crippen molar-refractivity contribution >= 4 is 34.8 Å². The number of hydrogen-bond acceptors (Lipinski definition) is 2. The number of unbranched alkanes of at least 4 members (excludes halogenated alkanes) is 1. The summed E-state index contributed by atoms with van der Waals surface area (Å²) in [4.78, 5) is 4.29. The summed E-state index contributed by atoms with van der Waals surface area (Å²) in [7, 11) is 0. The molecule has 0 atom stereocenters. The minimum Gasteiger partial charge on any atom is -0.323 e. The van der Waals surface area contributed by atoms with Crippen LogP contribution >= 0.6 is 23.2 Å². The Morgan fingerprint density at radius 3 is 2.72 bits per heavy atom. The minimum atomic E-state index is 0.456. The zero-order chi connectivity index (χ0) is 13.5. The number of hydrazine groups is 1. The molecule has 0 amide bonds. The number of nitrogens with one attached hydrogen (secondary N) is 2. The van der Waals surface area contributed by atoms with Crippen LogP contribution in [0.15, 0.2) is 17.1 Å². The summed E-state index contributed by atoms with van der Waals surface area (Å²) in [5.41, 5.74) is 4.06. The number of benzene rings is 1. The van der Waals surface area contributed by atoms with Crippen molar-refractivity contribution in [3.63, 3.8) is 0 Å². The van der Waals surface area contributed by atoms with Crippen molar-refractivity contribution in [1.29, 1.82) is 0 Å². The molecule has 100 valence electrons. The van der Waals surface area contributed by atoms with Crippen molar-refractivity contribution in [2.45, 2.75) is 26.7 Å². The maximum Gasteiger partial charge on any atom is 0.210 e. The quantitative estimate of drug-likeness (QED) is 0.262. The third-order valence-electron chi connectivity index (χ3n) is 2.45. The van der Waals surface area contributed by atoms with Crippen molar-refractivity contribution in [2.75, 3.05) is 11.9 Å². The van der Waals surface area contributed by atoms with E-state index in [1.807, 2.05) is 13.0 Å². The summed E-state index contributed by atoms with van der Waals surface area (Å²) < 4.78 is 0. The average molecular weight is 289 g/mol. The summed E-state index contributed by atoms with van der Waals surface area (Å²) in [6.45, 7) is 4.71. The molecule has 0 saturated heterocycles. The van der Waals surface area contributed by atoms with Crippen LogP contribution in [0.25, 0.3) is 0 Å². The molecule has 0 heterocycles. The van der Waals surface area contributed by atoms with E-state index in [1.54, 1.807) is 6.07 Å². The van der Waals surface area contributed by atoms with Crippen molar-refractivity contribution < 1.29 is 0 Å². The Kier molecular flexibility index (Phi) is 6.25. The van der Waals surface area contributed by atoms with Crippen molar-refractivity contribution in [2.24, 2.45) is 10.8 Å². The lowest BCUT2D eigenvalue weighted by molar-refractivity contribution is 0.801. The number of nitrogens with two attached hydrogens (primary N) is 1. The van der Waals surface area contributed by atoms with E-state index >= 15 is 0 Å². The first-order valence-corrected chi connectivity index (χ1v) is 6.58. The Morgan fingerprint density at radius 1 is 1.39 bits per heavy atom. The smallest absolute Gasteiger partial charge is 0.210 e. The molecule has 0 bridgehead atoms. The van der Waals surface area contributed by atoms with E-state index in [0.717, 1.165) is 18.4 Å². The van der Waals surface area contributed by atoms with Gasteiger partial charge in [0.05, 0.1) is 15.7 Å². The zero-order valence-corrected chi connectivity index (χ0v) is 12.1. The lowest BCUT2D eigenvalue weighted by Crippen LogP contribution is -2.36. The first-order valence-electron chi connectivity index (χ1n) is 5.82. The molecule has 1 aromatic carbocycles. The molecule has 1 rings (SSSR count). The minimum absolute atomic E-state index is 0.456. The normalized spacial score (nSPS) is 11.5. The molecular weight excluding hydrogens is 271 g/mol. The van der Waals surface area contributed by atoms with E-state index < -0.39 is 0 Å². The predicted molar refractivity (Wildman–Crippen MR) is 79.4 cm³/mol. The Labute approximate surface area is 118 Å². The van der Waals surface area contributed by atoms with Gasteiger partial charge in [0.1, 0.15) is 0 Å². The van der Waals surface area contributed by atoms with Crippen LogP contribution in [0.3, 0.4) is 0 Å². The Hall–Kier alpha value is -0.970. The number of aryl methyl sites for hydroxylation is 1. The molecule has 0 saturated carbocycles. The van der Waals surface area contributed by atoms with Gasteiger partial charge in [-0.25, -0.2) is 5.84 Å². The van der Waals surface area contributed by atoms with Gasteiger partial charge in [0, 0.05) is 6.54 Å². The van der Waals surface area contributed by atoms with Gasteiger partial charge < -0.3 is 5.32 Å². The fourth-order valence-electron chi connectivity index (χ4n) is 1.36. The number of aliphatic imine (C=N–C) groups is 1. The molecule has 0 unspecified atom stereocenters. The lowest BCUT2D eigenvalue weighted by atomic mass is 10.2. The Morgan fingerprint density at radius 2 is 2.11 bits per heavy atom. The maximum absolute atomic E-state index is 6.19. The highest BCUT2D eigenvalue weighted by molar-refractivity contribution is 6.40. The van der Waals surface area contributed by atoms with E-state index in [-0.39, 0.29) is 0 Å². The molecule has 0 radical (unpaired) electrons. The van der Waals surface area contributed by atoms with Gasteiger partial charge in [-0.15, -0.1) is 0 Å². The third-order valence-corrected chi connectivity index (χ3v) is 3.25. The molecule has 1 aromatic rings. The predicted octanol–water partition coefficient (Wildman–Crippen LogP) is 3.33. The molecule has 0 spiro atoms. The van der Waals surface area contributed by atoms with E-state index in [4.69, 9.17) is 29.0 Å². The second-order valence-electron chi connectivity index (χ2n) is 3.91. The van der Waals surface area contributed by atoms with Gasteiger partial charge in [-0.2, -0.15) is 0 Å². The zero-order valence-electron chi connectivity index (χ0n) is 10.6. The molecule has 4 nitrogen and oxygen atoms in total. The highest BCUT2D eigenvalue weighted by atomic mass is 35.5. The maximum atomic E-state index is 6.19. The largest absolute Gasteiger partial charge is 0.323 e. The summed E-state index contributed by atoms with van der Waals surface area (Å²) in [5.74, 6) is 5.87. The van der Waals surface area contributed by atoms with E-state index in [1.165, 1.54) is 0 Å². The van der Waals surface area contributed by atoms with E-state index in [0.29, 0.717) is 28.2 Å². The topological polar surface area (TPSA) is 62.4 Å². The molecule has 0 aliphatic rings. The fourth-order valence-corrected chi connectivity index (χ4v) is 1.83. The second kappa shape index (κ2) is 7.46. The molecule has 4 N–H and O–H groups in total. The summed E-state index contributed by atoms with van der Waals surface area (Å²) in [6, 6.07) is 3.64. The van der Waals surface area contributed by atoms with Gasteiger partial charge in [-0.05, 0) is 25.0 Å².